The number of anilines is 1. The molecule has 0 unspecified atom stereocenters. The van der Waals surface area contributed by atoms with Crippen LogP contribution < -0.4 is 11.4 Å². The second-order valence-corrected chi connectivity index (χ2v) is 2.47. The summed E-state index contributed by atoms with van der Waals surface area (Å²) >= 11 is 10.9. The van der Waals surface area contributed by atoms with Gasteiger partial charge in [-0.05, 0) is 0 Å². The number of nitrogens with two attached hydrogens (primary N) is 1. The Morgan fingerprint density at radius 1 is 1.55 bits per heavy atom. The van der Waals surface area contributed by atoms with E-state index < -0.39 is 5.62 Å². The Hall–Kier alpha value is -0.940. The van der Waals surface area contributed by atoms with E-state index in [-0.39, 0.29) is 16.0 Å². The molecule has 1 heterocycles. The van der Waals surface area contributed by atoms with Crippen LogP contribution in [0, 0.1) is 5.41 Å². The molecule has 1 rings (SSSR count). The molecule has 0 radical (unpaired) electrons. The van der Waals surface area contributed by atoms with Crippen LogP contribution >= 0.6 is 23.2 Å². The van der Waals surface area contributed by atoms with Crippen molar-refractivity contribution in [3.05, 3.63) is 15.8 Å². The number of nitrogen functional groups attached to an aromatic ring is 1. The van der Waals surface area contributed by atoms with Crippen LogP contribution in [0.25, 0.3) is 0 Å². The molecule has 0 aliphatic heterocycles. The van der Waals surface area contributed by atoms with Gasteiger partial charge in [-0.1, -0.05) is 23.2 Å². The quantitative estimate of drug-likeness (QED) is 0.415. The van der Waals surface area contributed by atoms with Crippen molar-refractivity contribution in [2.75, 3.05) is 5.73 Å². The van der Waals surface area contributed by atoms with Crippen molar-refractivity contribution < 1.29 is 5.21 Å². The van der Waals surface area contributed by atoms with E-state index >= 15 is 0 Å². The second-order valence-electron chi connectivity index (χ2n) is 1.74. The van der Waals surface area contributed by atoms with E-state index in [4.69, 9.17) is 39.6 Å². The summed E-state index contributed by atoms with van der Waals surface area (Å²) in [6, 6.07) is 0. The van der Waals surface area contributed by atoms with Gasteiger partial charge in [-0.2, -0.15) is 4.98 Å². The van der Waals surface area contributed by atoms with Crippen molar-refractivity contribution in [2.45, 2.75) is 0 Å². The lowest BCUT2D eigenvalue weighted by Crippen LogP contribution is -2.24. The molecule has 0 fully saturated rings. The zero-order chi connectivity index (χ0) is 8.59. The topological polar surface area (TPSA) is 87.9 Å². The van der Waals surface area contributed by atoms with Gasteiger partial charge < -0.3 is 10.9 Å². The SMILES string of the molecule is N=c1nc(Cl)c(Cl)c(N)n1O. The molecule has 5 nitrogen and oxygen atoms in total. The minimum Gasteiger partial charge on any atom is -0.423 e. The zero-order valence-corrected chi connectivity index (χ0v) is 6.69. The predicted octanol–water partition coefficient (Wildman–Crippen LogP) is 0.489. The molecule has 0 atom stereocenters. The molecule has 11 heavy (non-hydrogen) atoms. The Morgan fingerprint density at radius 3 is 2.64 bits per heavy atom. The summed E-state index contributed by atoms with van der Waals surface area (Å²) in [7, 11) is 0. The van der Waals surface area contributed by atoms with Gasteiger partial charge in [-0.25, -0.2) is 0 Å². The summed E-state index contributed by atoms with van der Waals surface area (Å²) in [6.45, 7) is 0. The molecular formula is C4H4Cl2N4O. The average molecular weight is 195 g/mol. The van der Waals surface area contributed by atoms with Crippen LogP contribution in [0.2, 0.25) is 10.2 Å². The maximum absolute atomic E-state index is 8.91. The van der Waals surface area contributed by atoms with Crippen molar-refractivity contribution in [3.8, 4) is 0 Å². The fourth-order valence-electron chi connectivity index (χ4n) is 0.502. The molecule has 0 saturated carbocycles. The molecule has 1 aromatic heterocycles. The van der Waals surface area contributed by atoms with Crippen LogP contribution in [0.15, 0.2) is 0 Å². The number of nitrogens with zero attached hydrogens (tertiary/aromatic N) is 2. The molecule has 60 valence electrons. The van der Waals surface area contributed by atoms with Gasteiger partial charge in [-0.15, -0.1) is 4.73 Å². The Labute approximate surface area is 71.5 Å². The predicted molar refractivity (Wildman–Crippen MR) is 39.7 cm³/mol. The molecule has 0 amide bonds. The van der Waals surface area contributed by atoms with E-state index in [0.29, 0.717) is 4.73 Å². The van der Waals surface area contributed by atoms with Gasteiger partial charge in [0.1, 0.15) is 5.02 Å². The van der Waals surface area contributed by atoms with Gasteiger partial charge in [0.15, 0.2) is 11.0 Å². The van der Waals surface area contributed by atoms with E-state index in [1.807, 2.05) is 0 Å². The molecule has 0 aliphatic carbocycles. The summed E-state index contributed by atoms with van der Waals surface area (Å²) < 4.78 is 0.341. The third kappa shape index (κ3) is 1.24. The lowest BCUT2D eigenvalue weighted by atomic mass is 10.6. The lowest BCUT2D eigenvalue weighted by molar-refractivity contribution is 0.171. The molecule has 0 saturated heterocycles. The minimum absolute atomic E-state index is 0.0647. The van der Waals surface area contributed by atoms with Gasteiger partial charge in [0, 0.05) is 0 Å². The first-order valence-electron chi connectivity index (χ1n) is 2.51. The van der Waals surface area contributed by atoms with E-state index in [2.05, 4.69) is 4.98 Å². The largest absolute Gasteiger partial charge is 0.423 e. The first-order chi connectivity index (χ1) is 5.04. The van der Waals surface area contributed by atoms with Crippen molar-refractivity contribution in [2.24, 2.45) is 0 Å². The van der Waals surface area contributed by atoms with Crippen molar-refractivity contribution >= 4 is 29.0 Å². The van der Waals surface area contributed by atoms with Crippen LogP contribution in [-0.4, -0.2) is 14.9 Å². The maximum Gasteiger partial charge on any atom is 0.259 e. The molecule has 0 aliphatic rings. The molecule has 7 heteroatoms. The van der Waals surface area contributed by atoms with E-state index in [0.717, 1.165) is 0 Å². The highest BCUT2D eigenvalue weighted by Crippen LogP contribution is 2.22. The number of halogens is 2. The molecule has 0 aromatic carbocycles. The summed E-state index contributed by atoms with van der Waals surface area (Å²) in [6.07, 6.45) is 0. The fraction of sp³-hybridized carbons (Fsp3) is 0. The number of nitrogens with one attached hydrogen (secondary N) is 1. The average Bonchev–Trinajstić information content (AvgIpc) is 1.97. The van der Waals surface area contributed by atoms with Crippen molar-refractivity contribution in [1.82, 2.24) is 9.71 Å². The Kier molecular flexibility index (Phi) is 1.92. The van der Waals surface area contributed by atoms with Crippen LogP contribution in [-0.2, 0) is 0 Å². The number of aromatic nitrogens is 2. The molecule has 0 spiro atoms. The number of hydrogen-bond donors (Lipinski definition) is 3. The zero-order valence-electron chi connectivity index (χ0n) is 5.17. The van der Waals surface area contributed by atoms with Crippen LogP contribution in [0.3, 0.4) is 0 Å². The first-order valence-corrected chi connectivity index (χ1v) is 3.27. The maximum atomic E-state index is 8.91. The summed E-state index contributed by atoms with van der Waals surface area (Å²) in [5.41, 5.74) is 4.76. The monoisotopic (exact) mass is 194 g/mol. The van der Waals surface area contributed by atoms with Crippen molar-refractivity contribution in [1.29, 1.82) is 5.41 Å². The summed E-state index contributed by atoms with van der Waals surface area (Å²) in [4.78, 5) is 3.37. The van der Waals surface area contributed by atoms with Crippen molar-refractivity contribution in [3.63, 3.8) is 0 Å². The molecule has 4 N–H and O–H groups in total. The van der Waals surface area contributed by atoms with Gasteiger partial charge in [0.2, 0.25) is 0 Å². The van der Waals surface area contributed by atoms with Crippen LogP contribution in [0.4, 0.5) is 5.82 Å². The van der Waals surface area contributed by atoms with E-state index in [1.165, 1.54) is 0 Å². The van der Waals surface area contributed by atoms with E-state index in [9.17, 15) is 0 Å². The Balaban J connectivity index is 3.59. The minimum atomic E-state index is -0.461. The van der Waals surface area contributed by atoms with Gasteiger partial charge >= 0.3 is 0 Å². The van der Waals surface area contributed by atoms with Gasteiger partial charge in [0.05, 0.1) is 0 Å². The first kappa shape index (κ1) is 8.16. The van der Waals surface area contributed by atoms with Gasteiger partial charge in [0.25, 0.3) is 5.62 Å². The second kappa shape index (κ2) is 2.60. The highest BCUT2D eigenvalue weighted by molar-refractivity contribution is 6.42. The standard InChI is InChI=1S/C4H4Cl2N4O/c5-1-2(6)9-4(8)10(11)3(1)7/h8,11H,7H2. The summed E-state index contributed by atoms with van der Waals surface area (Å²) in [5.74, 6) is -0.198. The highest BCUT2D eigenvalue weighted by atomic mass is 35.5. The molecule has 0 bridgehead atoms. The van der Waals surface area contributed by atoms with Gasteiger partial charge in [-0.3, -0.25) is 5.41 Å². The molecular weight excluding hydrogens is 191 g/mol. The third-order valence-electron chi connectivity index (χ3n) is 1.04. The van der Waals surface area contributed by atoms with E-state index in [1.54, 1.807) is 0 Å². The van der Waals surface area contributed by atoms with Crippen LogP contribution in [0.1, 0.15) is 0 Å². The van der Waals surface area contributed by atoms with Crippen LogP contribution in [0.5, 0.6) is 0 Å². The Bertz CT molecular complexity index is 347. The highest BCUT2D eigenvalue weighted by Gasteiger charge is 2.08. The normalized spacial score (nSPS) is 10.0. The molecule has 1 aromatic rings. The Morgan fingerprint density at radius 2 is 2.09 bits per heavy atom. The smallest absolute Gasteiger partial charge is 0.259 e. The lowest BCUT2D eigenvalue weighted by Gasteiger charge is -2.03. The summed E-state index contributed by atoms with van der Waals surface area (Å²) in [5, 5.41) is 15.7. The number of hydrogen-bond acceptors (Lipinski definition) is 4. The number of rotatable bonds is 0. The third-order valence-corrected chi connectivity index (χ3v) is 1.78. The fourth-order valence-corrected chi connectivity index (χ4v) is 0.801.